The number of fused-ring (bicyclic) bond motifs is 4. The van der Waals surface area contributed by atoms with Gasteiger partial charge in [0.15, 0.2) is 0 Å². The third-order valence-electron chi connectivity index (χ3n) is 4.87. The number of nitrogens with one attached hydrogen (secondary N) is 1. The maximum Gasteiger partial charge on any atom is 0.147 e. The SMILES string of the molecule is COc1ccc2c(c1)C(C)(C)c1[nH]c3c(F)cccc3c1C2. The Labute approximate surface area is 128 Å². The Morgan fingerprint density at radius 1 is 1.18 bits per heavy atom. The van der Waals surface area contributed by atoms with E-state index in [1.807, 2.05) is 12.1 Å². The van der Waals surface area contributed by atoms with E-state index in [2.05, 4.69) is 31.0 Å². The van der Waals surface area contributed by atoms with Gasteiger partial charge in [0.05, 0.1) is 12.6 Å². The van der Waals surface area contributed by atoms with Crippen LogP contribution in [0.3, 0.4) is 0 Å². The maximum atomic E-state index is 14.1. The molecule has 0 bridgehead atoms. The number of H-pyrrole nitrogens is 1. The number of halogens is 1. The first-order valence-corrected chi connectivity index (χ1v) is 7.49. The van der Waals surface area contributed by atoms with Gasteiger partial charge in [0.1, 0.15) is 11.6 Å². The lowest BCUT2D eigenvalue weighted by Crippen LogP contribution is -2.27. The van der Waals surface area contributed by atoms with E-state index in [0.29, 0.717) is 5.52 Å². The van der Waals surface area contributed by atoms with E-state index >= 15 is 0 Å². The Bertz CT molecular complexity index is 892. The van der Waals surface area contributed by atoms with Gasteiger partial charge in [0.2, 0.25) is 0 Å². The lowest BCUT2D eigenvalue weighted by atomic mass is 9.72. The van der Waals surface area contributed by atoms with Crippen LogP contribution in [-0.4, -0.2) is 12.1 Å². The normalized spacial score (nSPS) is 15.5. The molecule has 0 saturated carbocycles. The van der Waals surface area contributed by atoms with Gasteiger partial charge in [0.25, 0.3) is 0 Å². The molecule has 4 rings (SSSR count). The lowest BCUT2D eigenvalue weighted by molar-refractivity contribution is 0.412. The van der Waals surface area contributed by atoms with Crippen LogP contribution in [0.2, 0.25) is 0 Å². The molecule has 22 heavy (non-hydrogen) atoms. The first-order valence-electron chi connectivity index (χ1n) is 7.49. The molecule has 1 N–H and O–H groups in total. The topological polar surface area (TPSA) is 25.0 Å². The minimum atomic E-state index is -0.205. The van der Waals surface area contributed by atoms with Gasteiger partial charge >= 0.3 is 0 Å². The van der Waals surface area contributed by atoms with E-state index in [4.69, 9.17) is 4.74 Å². The monoisotopic (exact) mass is 295 g/mol. The van der Waals surface area contributed by atoms with E-state index in [1.165, 1.54) is 22.8 Å². The highest BCUT2D eigenvalue weighted by atomic mass is 19.1. The molecule has 3 heteroatoms. The summed E-state index contributed by atoms with van der Waals surface area (Å²) in [5.41, 5.74) is 5.24. The van der Waals surface area contributed by atoms with Gasteiger partial charge in [-0.1, -0.05) is 32.0 Å². The molecule has 1 aliphatic carbocycles. The third kappa shape index (κ3) is 1.65. The number of ether oxygens (including phenoxy) is 1. The molecule has 0 saturated heterocycles. The number of hydrogen-bond donors (Lipinski definition) is 1. The second-order valence-corrected chi connectivity index (χ2v) is 6.47. The van der Waals surface area contributed by atoms with Gasteiger partial charge in [-0.2, -0.15) is 0 Å². The third-order valence-corrected chi connectivity index (χ3v) is 4.87. The average Bonchev–Trinajstić information content (AvgIpc) is 2.89. The fraction of sp³-hybridized carbons (Fsp3) is 0.263. The van der Waals surface area contributed by atoms with Gasteiger partial charge in [0, 0.05) is 22.9 Å². The average molecular weight is 295 g/mol. The Morgan fingerprint density at radius 2 is 2.00 bits per heavy atom. The molecule has 0 radical (unpaired) electrons. The molecule has 3 aromatic rings. The minimum absolute atomic E-state index is 0.190. The fourth-order valence-electron chi connectivity index (χ4n) is 3.70. The lowest BCUT2D eigenvalue weighted by Gasteiger charge is -2.33. The van der Waals surface area contributed by atoms with Crippen LogP contribution in [0.1, 0.15) is 36.2 Å². The molecule has 0 unspecified atom stereocenters. The maximum absolute atomic E-state index is 14.1. The van der Waals surface area contributed by atoms with E-state index < -0.39 is 0 Å². The highest BCUT2D eigenvalue weighted by molar-refractivity contribution is 5.87. The summed E-state index contributed by atoms with van der Waals surface area (Å²) in [7, 11) is 1.68. The predicted molar refractivity (Wildman–Crippen MR) is 86.2 cm³/mol. The molecular weight excluding hydrogens is 277 g/mol. The molecular formula is C19H18FNO. The minimum Gasteiger partial charge on any atom is -0.497 e. The Balaban J connectivity index is 2.02. The van der Waals surface area contributed by atoms with Crippen molar-refractivity contribution in [1.29, 1.82) is 0 Å². The summed E-state index contributed by atoms with van der Waals surface area (Å²) in [5.74, 6) is 0.668. The van der Waals surface area contributed by atoms with Gasteiger partial charge in [-0.25, -0.2) is 4.39 Å². The number of benzene rings is 2. The number of rotatable bonds is 1. The van der Waals surface area contributed by atoms with Crippen molar-refractivity contribution in [3.63, 3.8) is 0 Å². The molecule has 0 atom stereocenters. The highest BCUT2D eigenvalue weighted by Crippen LogP contribution is 2.44. The molecule has 0 amide bonds. The van der Waals surface area contributed by atoms with Crippen molar-refractivity contribution < 1.29 is 9.13 Å². The van der Waals surface area contributed by atoms with E-state index in [0.717, 1.165) is 23.3 Å². The number of aromatic amines is 1. The summed E-state index contributed by atoms with van der Waals surface area (Å²) >= 11 is 0. The van der Waals surface area contributed by atoms with Crippen molar-refractivity contribution in [1.82, 2.24) is 4.98 Å². The van der Waals surface area contributed by atoms with Crippen LogP contribution >= 0.6 is 0 Å². The highest BCUT2D eigenvalue weighted by Gasteiger charge is 2.35. The molecule has 0 spiro atoms. The van der Waals surface area contributed by atoms with Crippen LogP contribution in [0.25, 0.3) is 10.9 Å². The van der Waals surface area contributed by atoms with Crippen LogP contribution in [0.15, 0.2) is 36.4 Å². The summed E-state index contributed by atoms with van der Waals surface area (Å²) in [4.78, 5) is 3.34. The molecule has 1 aromatic heterocycles. The van der Waals surface area contributed by atoms with Gasteiger partial charge in [-0.3, -0.25) is 0 Å². The molecule has 112 valence electrons. The number of hydrogen-bond acceptors (Lipinski definition) is 1. The summed E-state index contributed by atoms with van der Waals surface area (Å²) in [5, 5.41) is 0.990. The molecule has 1 aliphatic rings. The number of para-hydroxylation sites is 1. The van der Waals surface area contributed by atoms with Crippen LogP contribution in [0.4, 0.5) is 4.39 Å². The van der Waals surface area contributed by atoms with Crippen LogP contribution in [-0.2, 0) is 11.8 Å². The molecule has 0 aliphatic heterocycles. The van der Waals surface area contributed by atoms with Crippen molar-refractivity contribution in [2.24, 2.45) is 0 Å². The zero-order valence-corrected chi connectivity index (χ0v) is 13.0. The van der Waals surface area contributed by atoms with E-state index in [-0.39, 0.29) is 11.2 Å². The van der Waals surface area contributed by atoms with Crippen molar-refractivity contribution >= 4 is 10.9 Å². The molecule has 1 heterocycles. The Kier molecular flexibility index (Phi) is 2.65. The van der Waals surface area contributed by atoms with Crippen LogP contribution in [0.5, 0.6) is 5.75 Å². The number of methoxy groups -OCH3 is 1. The summed E-state index contributed by atoms with van der Waals surface area (Å²) in [6.45, 7) is 4.35. The zero-order valence-electron chi connectivity index (χ0n) is 13.0. The summed E-state index contributed by atoms with van der Waals surface area (Å²) in [6, 6.07) is 11.5. The van der Waals surface area contributed by atoms with Crippen molar-refractivity contribution in [3.05, 3.63) is 64.6 Å². The Hall–Kier alpha value is -2.29. The Morgan fingerprint density at radius 3 is 2.77 bits per heavy atom. The van der Waals surface area contributed by atoms with Crippen LogP contribution in [0, 0.1) is 5.82 Å². The summed E-state index contributed by atoms with van der Waals surface area (Å²) in [6.07, 6.45) is 0.821. The fourth-order valence-corrected chi connectivity index (χ4v) is 3.70. The van der Waals surface area contributed by atoms with E-state index in [9.17, 15) is 4.39 Å². The quantitative estimate of drug-likeness (QED) is 0.700. The molecule has 2 aromatic carbocycles. The van der Waals surface area contributed by atoms with Crippen molar-refractivity contribution in [2.45, 2.75) is 25.7 Å². The smallest absolute Gasteiger partial charge is 0.147 e. The van der Waals surface area contributed by atoms with Crippen molar-refractivity contribution in [2.75, 3.05) is 7.11 Å². The zero-order chi connectivity index (χ0) is 15.5. The van der Waals surface area contributed by atoms with Gasteiger partial charge < -0.3 is 9.72 Å². The van der Waals surface area contributed by atoms with Gasteiger partial charge in [-0.15, -0.1) is 0 Å². The second kappa shape index (κ2) is 4.35. The standard InChI is InChI=1S/C19H18FNO/c1-19(2)15-10-12(22-3)8-7-11(15)9-14-13-5-4-6-16(20)17(13)21-18(14)19/h4-8,10,21H,9H2,1-3H3. The van der Waals surface area contributed by atoms with E-state index in [1.54, 1.807) is 13.2 Å². The molecule has 0 fully saturated rings. The second-order valence-electron chi connectivity index (χ2n) is 6.47. The first kappa shape index (κ1) is 13.4. The predicted octanol–water partition coefficient (Wildman–Crippen LogP) is 4.55. The number of aromatic nitrogens is 1. The van der Waals surface area contributed by atoms with Crippen molar-refractivity contribution in [3.8, 4) is 5.75 Å². The first-order chi connectivity index (χ1) is 10.5. The van der Waals surface area contributed by atoms with Crippen LogP contribution < -0.4 is 4.74 Å². The summed E-state index contributed by atoms with van der Waals surface area (Å²) < 4.78 is 19.5. The molecule has 2 nitrogen and oxygen atoms in total. The largest absolute Gasteiger partial charge is 0.497 e. The van der Waals surface area contributed by atoms with Gasteiger partial charge in [-0.05, 0) is 34.9 Å².